The summed E-state index contributed by atoms with van der Waals surface area (Å²) in [5.74, 6) is 0.235. The summed E-state index contributed by atoms with van der Waals surface area (Å²) in [4.78, 5) is 7.62. The van der Waals surface area contributed by atoms with E-state index in [1.165, 1.54) is 0 Å². The molecule has 5 nitrogen and oxygen atoms in total. The quantitative estimate of drug-likeness (QED) is 0.813. The Kier molecular flexibility index (Phi) is 6.20. The number of phenolic OH excluding ortho intramolecular Hbond substituents is 1. The first-order valence-corrected chi connectivity index (χ1v) is 9.17. The lowest BCUT2D eigenvalue weighted by molar-refractivity contribution is 0.474. The number of hydrogen-bond acceptors (Lipinski definition) is 5. The van der Waals surface area contributed by atoms with E-state index in [4.69, 9.17) is 0 Å². The Morgan fingerprint density at radius 3 is 2.58 bits per heavy atom. The van der Waals surface area contributed by atoms with Gasteiger partial charge >= 0.3 is 0 Å². The summed E-state index contributed by atoms with van der Waals surface area (Å²) < 4.78 is 1.81. The molecule has 2 rings (SSSR count). The van der Waals surface area contributed by atoms with Crippen LogP contribution >= 0.6 is 11.3 Å². The molecule has 0 unspecified atom stereocenters. The zero-order valence-corrected chi connectivity index (χ0v) is 15.8. The van der Waals surface area contributed by atoms with Crippen molar-refractivity contribution in [3.8, 4) is 5.75 Å². The summed E-state index contributed by atoms with van der Waals surface area (Å²) in [5, 5.41) is 16.8. The maximum absolute atomic E-state index is 10.3. The molecule has 24 heavy (non-hydrogen) atoms. The number of aryl methyl sites for hydroxylation is 1. The van der Waals surface area contributed by atoms with Gasteiger partial charge in [-0.05, 0) is 46.8 Å². The van der Waals surface area contributed by atoms with Crippen LogP contribution in [-0.2, 0) is 0 Å². The van der Waals surface area contributed by atoms with E-state index >= 15 is 0 Å². The van der Waals surface area contributed by atoms with Crippen molar-refractivity contribution in [3.63, 3.8) is 0 Å². The van der Waals surface area contributed by atoms with Crippen LogP contribution in [0.3, 0.4) is 0 Å². The summed E-state index contributed by atoms with van der Waals surface area (Å²) in [6, 6.07) is 5.91. The standard InChI is InChI=1S/C18H26N4OS/c1-6-21(7-2)16-9-8-15(17(23)10-16)11-19-22-14(5)12-24-18(22)20-13(3)4/h8-13,23H,6-7H2,1-5H3. The van der Waals surface area contributed by atoms with Crippen LogP contribution in [0.4, 0.5) is 5.69 Å². The first kappa shape index (κ1) is 18.3. The molecule has 1 aromatic carbocycles. The lowest BCUT2D eigenvalue weighted by atomic mass is 10.2. The molecule has 0 fully saturated rings. The fraction of sp³-hybridized carbons (Fsp3) is 0.444. The predicted octanol–water partition coefficient (Wildman–Crippen LogP) is 3.60. The fourth-order valence-corrected chi connectivity index (χ4v) is 3.32. The maximum atomic E-state index is 10.3. The van der Waals surface area contributed by atoms with E-state index in [2.05, 4.69) is 28.8 Å². The van der Waals surface area contributed by atoms with Crippen molar-refractivity contribution < 1.29 is 5.11 Å². The Morgan fingerprint density at radius 2 is 2.00 bits per heavy atom. The highest BCUT2D eigenvalue weighted by Gasteiger charge is 2.06. The van der Waals surface area contributed by atoms with Crippen molar-refractivity contribution in [2.24, 2.45) is 10.1 Å². The van der Waals surface area contributed by atoms with E-state index in [1.807, 2.05) is 43.0 Å². The smallest absolute Gasteiger partial charge is 0.206 e. The van der Waals surface area contributed by atoms with E-state index in [9.17, 15) is 5.11 Å². The molecule has 0 saturated heterocycles. The van der Waals surface area contributed by atoms with Crippen LogP contribution in [-0.4, -0.2) is 35.1 Å². The number of aromatic hydroxyl groups is 1. The van der Waals surface area contributed by atoms with Crippen LogP contribution in [0.2, 0.25) is 0 Å². The average Bonchev–Trinajstić information content (AvgIpc) is 2.87. The minimum atomic E-state index is 0.214. The van der Waals surface area contributed by atoms with Crippen LogP contribution in [0.5, 0.6) is 5.75 Å². The number of rotatable bonds is 6. The first-order valence-electron chi connectivity index (χ1n) is 8.29. The van der Waals surface area contributed by atoms with Crippen molar-refractivity contribution >= 4 is 23.2 Å². The van der Waals surface area contributed by atoms with Gasteiger partial charge in [0, 0.05) is 41.8 Å². The van der Waals surface area contributed by atoms with Crippen LogP contribution in [0.25, 0.3) is 0 Å². The number of nitrogens with zero attached hydrogens (tertiary/aromatic N) is 4. The maximum Gasteiger partial charge on any atom is 0.206 e. The molecule has 130 valence electrons. The summed E-state index contributed by atoms with van der Waals surface area (Å²) in [7, 11) is 0. The molecule has 0 aliphatic carbocycles. The summed E-state index contributed by atoms with van der Waals surface area (Å²) in [5.41, 5.74) is 2.74. The van der Waals surface area contributed by atoms with E-state index in [1.54, 1.807) is 23.6 Å². The summed E-state index contributed by atoms with van der Waals surface area (Å²) in [6.45, 7) is 12.1. The van der Waals surface area contributed by atoms with E-state index in [-0.39, 0.29) is 11.8 Å². The number of thiazole rings is 1. The molecule has 0 spiro atoms. The monoisotopic (exact) mass is 346 g/mol. The van der Waals surface area contributed by atoms with Crippen LogP contribution in [0, 0.1) is 6.92 Å². The highest BCUT2D eigenvalue weighted by atomic mass is 32.1. The molecule has 1 aromatic heterocycles. The number of aromatic nitrogens is 1. The van der Waals surface area contributed by atoms with Crippen molar-refractivity contribution in [2.75, 3.05) is 18.0 Å². The first-order chi connectivity index (χ1) is 11.5. The van der Waals surface area contributed by atoms with E-state index < -0.39 is 0 Å². The average molecular weight is 347 g/mol. The number of benzene rings is 1. The van der Waals surface area contributed by atoms with Crippen molar-refractivity contribution in [1.29, 1.82) is 0 Å². The van der Waals surface area contributed by atoms with E-state index in [0.29, 0.717) is 5.56 Å². The zero-order chi connectivity index (χ0) is 17.7. The second kappa shape index (κ2) is 8.15. The van der Waals surface area contributed by atoms with Gasteiger partial charge in [0.2, 0.25) is 4.80 Å². The Balaban J connectivity index is 2.32. The largest absolute Gasteiger partial charge is 0.507 e. The molecular weight excluding hydrogens is 320 g/mol. The van der Waals surface area contributed by atoms with Gasteiger partial charge in [0.15, 0.2) is 0 Å². The van der Waals surface area contributed by atoms with Crippen LogP contribution in [0.1, 0.15) is 39.0 Å². The Bertz CT molecular complexity index is 770. The molecule has 1 heterocycles. The number of anilines is 1. The number of phenols is 1. The van der Waals surface area contributed by atoms with Gasteiger partial charge in [-0.3, -0.25) is 4.99 Å². The molecule has 0 radical (unpaired) electrons. The van der Waals surface area contributed by atoms with Crippen molar-refractivity contribution in [2.45, 2.75) is 40.7 Å². The van der Waals surface area contributed by atoms with E-state index in [0.717, 1.165) is 29.3 Å². The summed E-state index contributed by atoms with van der Waals surface area (Å²) in [6.07, 6.45) is 1.68. The second-order valence-corrected chi connectivity index (χ2v) is 6.69. The van der Waals surface area contributed by atoms with Gasteiger partial charge in [0.1, 0.15) is 5.75 Å². The highest BCUT2D eigenvalue weighted by Crippen LogP contribution is 2.23. The Labute approximate surface area is 147 Å². The van der Waals surface area contributed by atoms with Crippen molar-refractivity contribution in [1.82, 2.24) is 4.68 Å². The molecule has 0 saturated carbocycles. The van der Waals surface area contributed by atoms with Crippen LogP contribution in [0.15, 0.2) is 33.7 Å². The molecular formula is C18H26N4OS. The van der Waals surface area contributed by atoms with Crippen molar-refractivity contribution in [3.05, 3.63) is 39.6 Å². The molecule has 0 aliphatic rings. The van der Waals surface area contributed by atoms with Gasteiger partial charge in [-0.2, -0.15) is 5.10 Å². The SMILES string of the molecule is CCN(CC)c1ccc(C=Nn2c(C)csc2=NC(C)C)c(O)c1. The Morgan fingerprint density at radius 1 is 1.29 bits per heavy atom. The molecule has 6 heteroatoms. The third kappa shape index (κ3) is 4.26. The topological polar surface area (TPSA) is 53.1 Å². The fourth-order valence-electron chi connectivity index (χ4n) is 2.38. The molecule has 0 amide bonds. The normalized spacial score (nSPS) is 12.5. The summed E-state index contributed by atoms with van der Waals surface area (Å²) >= 11 is 1.57. The third-order valence-corrected chi connectivity index (χ3v) is 4.62. The van der Waals surface area contributed by atoms with Gasteiger partial charge in [-0.15, -0.1) is 11.3 Å². The molecule has 0 aliphatic heterocycles. The third-order valence-electron chi connectivity index (χ3n) is 3.67. The Hall–Kier alpha value is -2.08. The highest BCUT2D eigenvalue weighted by molar-refractivity contribution is 7.07. The van der Waals surface area contributed by atoms with Crippen LogP contribution < -0.4 is 9.70 Å². The molecule has 0 atom stereocenters. The predicted molar refractivity (Wildman–Crippen MR) is 102 cm³/mol. The van der Waals surface area contributed by atoms with Gasteiger partial charge in [-0.25, -0.2) is 4.68 Å². The molecule has 0 bridgehead atoms. The lowest BCUT2D eigenvalue weighted by Crippen LogP contribution is -2.21. The second-order valence-electron chi connectivity index (χ2n) is 5.85. The van der Waals surface area contributed by atoms with Gasteiger partial charge in [0.25, 0.3) is 0 Å². The van der Waals surface area contributed by atoms with Gasteiger partial charge < -0.3 is 10.0 Å². The minimum Gasteiger partial charge on any atom is -0.507 e. The lowest BCUT2D eigenvalue weighted by Gasteiger charge is -2.21. The van der Waals surface area contributed by atoms with Gasteiger partial charge in [-0.1, -0.05) is 0 Å². The number of hydrogen-bond donors (Lipinski definition) is 1. The molecule has 1 N–H and O–H groups in total. The zero-order valence-electron chi connectivity index (χ0n) is 15.0. The minimum absolute atomic E-state index is 0.214. The molecule has 2 aromatic rings. The van der Waals surface area contributed by atoms with Gasteiger partial charge in [0.05, 0.1) is 11.9 Å².